The zero-order valence-corrected chi connectivity index (χ0v) is 17.3. The van der Waals surface area contributed by atoms with Gasteiger partial charge < -0.3 is 14.2 Å². The molecule has 152 valence electrons. The predicted molar refractivity (Wildman–Crippen MR) is 115 cm³/mol. The van der Waals surface area contributed by atoms with Gasteiger partial charge in [0, 0.05) is 26.2 Å². The SMILES string of the molecule is O=C(c1ccco1)N1CCN(c2cnn(-c3nc4ccccc4s3)c(=O)c2Cl)CC1. The van der Waals surface area contributed by atoms with E-state index >= 15 is 0 Å². The Labute approximate surface area is 179 Å². The average Bonchev–Trinajstić information content (AvgIpc) is 3.45. The summed E-state index contributed by atoms with van der Waals surface area (Å²) in [6, 6.07) is 11.0. The van der Waals surface area contributed by atoms with Crippen molar-refractivity contribution in [1.82, 2.24) is 19.7 Å². The number of rotatable bonds is 3. The van der Waals surface area contributed by atoms with Crippen LogP contribution < -0.4 is 10.5 Å². The van der Waals surface area contributed by atoms with Gasteiger partial charge in [-0.3, -0.25) is 9.59 Å². The molecule has 1 saturated heterocycles. The molecule has 8 nitrogen and oxygen atoms in total. The number of nitrogens with zero attached hydrogens (tertiary/aromatic N) is 5. The Kier molecular flexibility index (Phi) is 4.76. The van der Waals surface area contributed by atoms with E-state index in [1.165, 1.54) is 22.3 Å². The summed E-state index contributed by atoms with van der Waals surface area (Å²) in [6.07, 6.45) is 3.06. The number of furan rings is 1. The number of hydrogen-bond acceptors (Lipinski definition) is 7. The normalized spacial score (nSPS) is 14.4. The number of carbonyl (C=O) groups is 1. The van der Waals surface area contributed by atoms with Gasteiger partial charge in [-0.2, -0.15) is 9.78 Å². The molecule has 5 rings (SSSR count). The Morgan fingerprint density at radius 1 is 1.10 bits per heavy atom. The van der Waals surface area contributed by atoms with Gasteiger partial charge in [0.15, 0.2) is 5.76 Å². The van der Waals surface area contributed by atoms with Crippen LogP contribution in [-0.2, 0) is 0 Å². The minimum absolute atomic E-state index is 0.0927. The van der Waals surface area contributed by atoms with Crippen molar-refractivity contribution in [3.63, 3.8) is 0 Å². The number of thiazole rings is 1. The number of carbonyl (C=O) groups excluding carboxylic acids is 1. The molecule has 1 fully saturated rings. The van der Waals surface area contributed by atoms with Crippen LogP contribution in [-0.4, -0.2) is 51.8 Å². The third kappa shape index (κ3) is 3.25. The first-order valence-corrected chi connectivity index (χ1v) is 10.5. The van der Waals surface area contributed by atoms with Gasteiger partial charge in [0.2, 0.25) is 5.13 Å². The Morgan fingerprint density at radius 3 is 2.63 bits per heavy atom. The fraction of sp³-hybridized carbons (Fsp3) is 0.200. The summed E-state index contributed by atoms with van der Waals surface area (Å²) in [6.45, 7) is 2.07. The van der Waals surface area contributed by atoms with Gasteiger partial charge in [-0.1, -0.05) is 35.1 Å². The lowest BCUT2D eigenvalue weighted by Gasteiger charge is -2.35. The third-order valence-electron chi connectivity index (χ3n) is 5.00. The molecule has 0 atom stereocenters. The van der Waals surface area contributed by atoms with E-state index in [4.69, 9.17) is 16.0 Å². The Balaban J connectivity index is 1.37. The molecule has 0 unspecified atom stereocenters. The van der Waals surface area contributed by atoms with E-state index in [1.54, 1.807) is 23.2 Å². The van der Waals surface area contributed by atoms with Gasteiger partial charge in [0.05, 0.1) is 28.4 Å². The maximum Gasteiger partial charge on any atom is 0.294 e. The van der Waals surface area contributed by atoms with Gasteiger partial charge in [0.1, 0.15) is 5.02 Å². The fourth-order valence-corrected chi connectivity index (χ4v) is 4.61. The molecule has 0 spiro atoms. The summed E-state index contributed by atoms with van der Waals surface area (Å²) in [4.78, 5) is 33.4. The Hall–Kier alpha value is -3.17. The van der Waals surface area contributed by atoms with Crippen molar-refractivity contribution in [2.75, 3.05) is 31.1 Å². The minimum atomic E-state index is -0.415. The molecule has 4 aromatic rings. The number of anilines is 1. The first-order chi connectivity index (χ1) is 14.6. The number of hydrogen-bond donors (Lipinski definition) is 0. The number of aromatic nitrogens is 3. The van der Waals surface area contributed by atoms with Crippen molar-refractivity contribution < 1.29 is 9.21 Å². The van der Waals surface area contributed by atoms with Crippen LogP contribution in [0, 0.1) is 0 Å². The van der Waals surface area contributed by atoms with Gasteiger partial charge in [-0.15, -0.1) is 0 Å². The van der Waals surface area contributed by atoms with Crippen LogP contribution in [0.15, 0.2) is 58.1 Å². The zero-order valence-electron chi connectivity index (χ0n) is 15.7. The molecule has 1 aliphatic rings. The molecule has 0 saturated carbocycles. The summed E-state index contributed by atoms with van der Waals surface area (Å²) in [5.74, 6) is 0.178. The second-order valence-electron chi connectivity index (χ2n) is 6.78. The first kappa shape index (κ1) is 18.8. The quantitative estimate of drug-likeness (QED) is 0.486. The topological polar surface area (TPSA) is 84.5 Å². The molecule has 0 aliphatic carbocycles. The van der Waals surface area contributed by atoms with E-state index in [0.29, 0.717) is 42.8 Å². The number of halogens is 1. The second-order valence-corrected chi connectivity index (χ2v) is 8.17. The van der Waals surface area contributed by atoms with E-state index in [-0.39, 0.29) is 10.9 Å². The molecule has 1 aromatic carbocycles. The Morgan fingerprint density at radius 2 is 1.90 bits per heavy atom. The highest BCUT2D eigenvalue weighted by atomic mass is 35.5. The van der Waals surface area contributed by atoms with Gasteiger partial charge in [0.25, 0.3) is 11.5 Å². The Bertz CT molecular complexity index is 1240. The van der Waals surface area contributed by atoms with Crippen molar-refractivity contribution in [3.05, 3.63) is 70.0 Å². The fourth-order valence-electron chi connectivity index (χ4n) is 3.44. The van der Waals surface area contributed by atoms with Crippen molar-refractivity contribution in [3.8, 4) is 5.13 Å². The average molecular weight is 442 g/mol. The number of amides is 1. The molecular weight excluding hydrogens is 426 g/mol. The lowest BCUT2D eigenvalue weighted by molar-refractivity contribution is 0.0714. The third-order valence-corrected chi connectivity index (χ3v) is 6.37. The van der Waals surface area contributed by atoms with Crippen LogP contribution in [0.25, 0.3) is 15.3 Å². The maximum absolute atomic E-state index is 12.9. The molecule has 1 amide bonds. The minimum Gasteiger partial charge on any atom is -0.459 e. The van der Waals surface area contributed by atoms with Crippen LogP contribution >= 0.6 is 22.9 Å². The van der Waals surface area contributed by atoms with Crippen molar-refractivity contribution in [1.29, 1.82) is 0 Å². The van der Waals surface area contributed by atoms with Crippen LogP contribution in [0.1, 0.15) is 10.6 Å². The van der Waals surface area contributed by atoms with Crippen molar-refractivity contribution >= 4 is 44.7 Å². The molecule has 0 radical (unpaired) electrons. The van der Waals surface area contributed by atoms with E-state index < -0.39 is 5.56 Å². The largest absolute Gasteiger partial charge is 0.459 e. The summed E-state index contributed by atoms with van der Waals surface area (Å²) in [5.41, 5.74) is 0.954. The van der Waals surface area contributed by atoms with E-state index in [0.717, 1.165) is 10.2 Å². The van der Waals surface area contributed by atoms with Gasteiger partial charge in [-0.05, 0) is 24.3 Å². The maximum atomic E-state index is 12.9. The predicted octanol–water partition coefficient (Wildman–Crippen LogP) is 3.05. The summed E-state index contributed by atoms with van der Waals surface area (Å²) in [5, 5.41) is 4.87. The molecule has 30 heavy (non-hydrogen) atoms. The molecule has 0 bridgehead atoms. The number of benzene rings is 1. The van der Waals surface area contributed by atoms with E-state index in [1.807, 2.05) is 29.2 Å². The van der Waals surface area contributed by atoms with E-state index in [9.17, 15) is 9.59 Å². The van der Waals surface area contributed by atoms with Crippen LogP contribution in [0.4, 0.5) is 5.69 Å². The molecular formula is C20H16ClN5O3S. The van der Waals surface area contributed by atoms with Crippen LogP contribution in [0.3, 0.4) is 0 Å². The summed E-state index contributed by atoms with van der Waals surface area (Å²) in [7, 11) is 0. The van der Waals surface area contributed by atoms with Crippen LogP contribution in [0.5, 0.6) is 0 Å². The number of para-hydroxylation sites is 1. The van der Waals surface area contributed by atoms with Gasteiger partial charge >= 0.3 is 0 Å². The van der Waals surface area contributed by atoms with Crippen LogP contribution in [0.2, 0.25) is 5.02 Å². The zero-order chi connectivity index (χ0) is 20.7. The monoisotopic (exact) mass is 441 g/mol. The summed E-state index contributed by atoms with van der Waals surface area (Å²) >= 11 is 7.81. The highest BCUT2D eigenvalue weighted by molar-refractivity contribution is 7.20. The first-order valence-electron chi connectivity index (χ1n) is 9.33. The molecule has 10 heteroatoms. The number of piperazine rings is 1. The van der Waals surface area contributed by atoms with Crippen molar-refractivity contribution in [2.24, 2.45) is 0 Å². The lowest BCUT2D eigenvalue weighted by atomic mass is 10.2. The smallest absolute Gasteiger partial charge is 0.294 e. The van der Waals surface area contributed by atoms with Crippen molar-refractivity contribution in [2.45, 2.75) is 0 Å². The number of fused-ring (bicyclic) bond motifs is 1. The second kappa shape index (κ2) is 7.58. The molecule has 4 heterocycles. The highest BCUT2D eigenvalue weighted by Crippen LogP contribution is 2.26. The molecule has 0 N–H and O–H groups in total. The highest BCUT2D eigenvalue weighted by Gasteiger charge is 2.26. The van der Waals surface area contributed by atoms with E-state index in [2.05, 4.69) is 10.1 Å². The summed E-state index contributed by atoms with van der Waals surface area (Å²) < 4.78 is 7.39. The standard InChI is InChI=1S/C20H16ClN5O3S/c21-17-14(24-7-9-25(10-8-24)18(27)15-5-3-11-29-15)12-22-26(19(17)28)20-23-13-4-1-2-6-16(13)30-20/h1-6,11-12H,7-10H2. The lowest BCUT2D eigenvalue weighted by Crippen LogP contribution is -2.49. The molecule has 3 aromatic heterocycles. The molecule has 1 aliphatic heterocycles. The van der Waals surface area contributed by atoms with Gasteiger partial charge in [-0.25, -0.2) is 4.98 Å².